The van der Waals surface area contributed by atoms with Gasteiger partial charge in [-0.25, -0.2) is 0 Å². The molecular weight excluding hydrogens is 240 g/mol. The molecule has 0 unspecified atom stereocenters. The average Bonchev–Trinajstić information content (AvgIpc) is 2.31. The summed E-state index contributed by atoms with van der Waals surface area (Å²) in [6, 6.07) is 7.50. The van der Waals surface area contributed by atoms with Gasteiger partial charge in [-0.1, -0.05) is 0 Å². The first-order valence-corrected chi connectivity index (χ1v) is 6.09. The predicted octanol–water partition coefficient (Wildman–Crippen LogP) is 1.88. The smallest absolute Gasteiger partial charge is 0.219 e. The number of hydrogen-bond acceptors (Lipinski definition) is 4. The molecule has 1 heterocycles. The number of aromatic nitrogens is 1. The maximum Gasteiger partial charge on any atom is 0.219 e. The maximum absolute atomic E-state index is 11.1. The number of benzene rings is 1. The molecule has 5 nitrogen and oxygen atoms in total. The van der Waals surface area contributed by atoms with Crippen molar-refractivity contribution >= 4 is 28.2 Å². The van der Waals surface area contributed by atoms with Crippen molar-refractivity contribution in [1.29, 1.82) is 0 Å². The van der Waals surface area contributed by atoms with Crippen molar-refractivity contribution in [2.75, 3.05) is 11.1 Å². The minimum Gasteiger partial charge on any atom is -0.397 e. The quantitative estimate of drug-likeness (QED) is 0.730. The van der Waals surface area contributed by atoms with Crippen LogP contribution in [0.5, 0.6) is 0 Å². The van der Waals surface area contributed by atoms with Gasteiger partial charge >= 0.3 is 0 Å². The number of nitrogens with one attached hydrogen (secondary N) is 1. The fourth-order valence-corrected chi connectivity index (χ4v) is 2.15. The molecule has 0 fully saturated rings. The summed E-state index contributed by atoms with van der Waals surface area (Å²) in [4.78, 5) is 15.3. The van der Waals surface area contributed by atoms with Crippen LogP contribution in [0.25, 0.3) is 10.9 Å². The van der Waals surface area contributed by atoms with E-state index >= 15 is 0 Å². The van der Waals surface area contributed by atoms with Crippen LogP contribution in [-0.4, -0.2) is 16.4 Å². The summed E-state index contributed by atoms with van der Waals surface area (Å²) in [6.45, 7) is 3.85. The Hall–Kier alpha value is -2.30. The Balaban J connectivity index is 2.41. The van der Waals surface area contributed by atoms with Gasteiger partial charge in [-0.3, -0.25) is 9.78 Å². The van der Waals surface area contributed by atoms with E-state index in [1.54, 1.807) is 12.3 Å². The third-order valence-corrected chi connectivity index (χ3v) is 2.89. The monoisotopic (exact) mass is 258 g/mol. The number of pyridine rings is 1. The molecule has 2 aromatic rings. The standard InChI is InChI=1S/C14H18N4O/c1-14(2,8-12(16)19)18-11-6-5-10(15)13-9(11)4-3-7-17-13/h3-7,18H,8,15H2,1-2H3,(H2,16,19). The van der Waals surface area contributed by atoms with E-state index in [4.69, 9.17) is 11.5 Å². The van der Waals surface area contributed by atoms with Crippen LogP contribution >= 0.6 is 0 Å². The zero-order valence-corrected chi connectivity index (χ0v) is 11.1. The maximum atomic E-state index is 11.1. The number of fused-ring (bicyclic) bond motifs is 1. The second kappa shape index (κ2) is 4.76. The molecule has 5 N–H and O–H groups in total. The van der Waals surface area contributed by atoms with Crippen molar-refractivity contribution in [2.45, 2.75) is 25.8 Å². The van der Waals surface area contributed by atoms with E-state index in [-0.39, 0.29) is 12.3 Å². The van der Waals surface area contributed by atoms with Crippen LogP contribution in [0.1, 0.15) is 20.3 Å². The number of nitrogens with zero attached hydrogens (tertiary/aromatic N) is 1. The van der Waals surface area contributed by atoms with Gasteiger partial charge < -0.3 is 16.8 Å². The van der Waals surface area contributed by atoms with Crippen molar-refractivity contribution in [3.8, 4) is 0 Å². The topological polar surface area (TPSA) is 94.0 Å². The van der Waals surface area contributed by atoms with Crippen molar-refractivity contribution in [3.05, 3.63) is 30.5 Å². The Morgan fingerprint density at radius 2 is 2.11 bits per heavy atom. The molecule has 0 aliphatic heterocycles. The van der Waals surface area contributed by atoms with Gasteiger partial charge in [0.15, 0.2) is 0 Å². The van der Waals surface area contributed by atoms with E-state index in [0.29, 0.717) is 5.69 Å². The van der Waals surface area contributed by atoms with Crippen LogP contribution in [0.2, 0.25) is 0 Å². The second-order valence-corrected chi connectivity index (χ2v) is 5.25. The average molecular weight is 258 g/mol. The molecular formula is C14H18N4O. The van der Waals surface area contributed by atoms with Crippen molar-refractivity contribution in [1.82, 2.24) is 4.98 Å². The van der Waals surface area contributed by atoms with E-state index in [2.05, 4.69) is 10.3 Å². The third-order valence-electron chi connectivity index (χ3n) is 2.89. The molecule has 0 radical (unpaired) electrons. The number of amides is 1. The third kappa shape index (κ3) is 2.93. The second-order valence-electron chi connectivity index (χ2n) is 5.25. The molecule has 0 aliphatic carbocycles. The molecule has 1 aromatic carbocycles. The van der Waals surface area contributed by atoms with Crippen LogP contribution in [0.15, 0.2) is 30.5 Å². The van der Waals surface area contributed by atoms with Gasteiger partial charge in [0.25, 0.3) is 0 Å². The van der Waals surface area contributed by atoms with Gasteiger partial charge in [0.2, 0.25) is 5.91 Å². The number of carbonyl (C=O) groups is 1. The van der Waals surface area contributed by atoms with Gasteiger partial charge in [0.05, 0.1) is 11.2 Å². The lowest BCUT2D eigenvalue weighted by atomic mass is 9.99. The van der Waals surface area contributed by atoms with E-state index in [9.17, 15) is 4.79 Å². The Labute approximate surface area is 112 Å². The van der Waals surface area contributed by atoms with Gasteiger partial charge in [-0.15, -0.1) is 0 Å². The molecule has 0 saturated heterocycles. The molecule has 0 atom stereocenters. The molecule has 0 aliphatic rings. The minimum atomic E-state index is -0.426. The molecule has 0 saturated carbocycles. The molecule has 0 bridgehead atoms. The lowest BCUT2D eigenvalue weighted by Crippen LogP contribution is -2.36. The molecule has 100 valence electrons. The number of hydrogen-bond donors (Lipinski definition) is 3. The number of anilines is 2. The summed E-state index contributed by atoms with van der Waals surface area (Å²) < 4.78 is 0. The summed E-state index contributed by atoms with van der Waals surface area (Å²) in [6.07, 6.45) is 1.95. The van der Waals surface area contributed by atoms with E-state index in [1.807, 2.05) is 32.0 Å². The number of nitrogens with two attached hydrogens (primary N) is 2. The summed E-state index contributed by atoms with van der Waals surface area (Å²) in [5.74, 6) is -0.338. The highest BCUT2D eigenvalue weighted by Gasteiger charge is 2.21. The largest absolute Gasteiger partial charge is 0.397 e. The molecule has 5 heteroatoms. The Morgan fingerprint density at radius 3 is 2.79 bits per heavy atom. The van der Waals surface area contributed by atoms with Gasteiger partial charge in [0, 0.05) is 29.2 Å². The van der Waals surface area contributed by atoms with E-state index in [0.717, 1.165) is 16.6 Å². The van der Waals surface area contributed by atoms with Gasteiger partial charge in [-0.2, -0.15) is 0 Å². The number of carbonyl (C=O) groups excluding carboxylic acids is 1. The van der Waals surface area contributed by atoms with Crippen molar-refractivity contribution < 1.29 is 4.79 Å². The summed E-state index contributed by atoms with van der Waals surface area (Å²) in [5, 5.41) is 4.25. The minimum absolute atomic E-state index is 0.249. The van der Waals surface area contributed by atoms with Crippen LogP contribution in [-0.2, 0) is 4.79 Å². The predicted molar refractivity (Wildman–Crippen MR) is 77.7 cm³/mol. The lowest BCUT2D eigenvalue weighted by Gasteiger charge is -2.27. The highest BCUT2D eigenvalue weighted by atomic mass is 16.1. The highest BCUT2D eigenvalue weighted by Crippen LogP contribution is 2.29. The van der Waals surface area contributed by atoms with Crippen LogP contribution in [0.3, 0.4) is 0 Å². The van der Waals surface area contributed by atoms with E-state index in [1.165, 1.54) is 0 Å². The Morgan fingerprint density at radius 1 is 1.37 bits per heavy atom. The summed E-state index contributed by atoms with van der Waals surface area (Å²) >= 11 is 0. The number of nitrogen functional groups attached to an aromatic ring is 1. The zero-order valence-electron chi connectivity index (χ0n) is 11.1. The molecule has 1 amide bonds. The van der Waals surface area contributed by atoms with Gasteiger partial charge in [0.1, 0.15) is 0 Å². The van der Waals surface area contributed by atoms with Crippen LogP contribution in [0.4, 0.5) is 11.4 Å². The van der Waals surface area contributed by atoms with Crippen LogP contribution < -0.4 is 16.8 Å². The lowest BCUT2D eigenvalue weighted by molar-refractivity contribution is -0.118. The Kier molecular flexibility index (Phi) is 3.29. The first-order valence-electron chi connectivity index (χ1n) is 6.09. The zero-order chi connectivity index (χ0) is 14.0. The number of primary amides is 1. The first-order chi connectivity index (χ1) is 8.89. The molecule has 2 rings (SSSR count). The fraction of sp³-hybridized carbons (Fsp3) is 0.286. The molecule has 0 spiro atoms. The normalized spacial score (nSPS) is 11.5. The number of rotatable bonds is 4. The fourth-order valence-electron chi connectivity index (χ4n) is 2.15. The molecule has 1 aromatic heterocycles. The Bertz CT molecular complexity index is 622. The van der Waals surface area contributed by atoms with Crippen LogP contribution in [0, 0.1) is 0 Å². The summed E-state index contributed by atoms with van der Waals surface area (Å²) in [5.41, 5.74) is 13.0. The first kappa shape index (κ1) is 13.1. The molecule has 19 heavy (non-hydrogen) atoms. The van der Waals surface area contributed by atoms with Gasteiger partial charge in [-0.05, 0) is 38.1 Å². The van der Waals surface area contributed by atoms with Crippen molar-refractivity contribution in [2.24, 2.45) is 5.73 Å². The van der Waals surface area contributed by atoms with E-state index < -0.39 is 5.54 Å². The van der Waals surface area contributed by atoms with Crippen molar-refractivity contribution in [3.63, 3.8) is 0 Å². The summed E-state index contributed by atoms with van der Waals surface area (Å²) in [7, 11) is 0. The SMILES string of the molecule is CC(C)(CC(N)=O)Nc1ccc(N)c2ncccc12. The highest BCUT2D eigenvalue weighted by molar-refractivity contribution is 5.98.